The van der Waals surface area contributed by atoms with Gasteiger partial charge in [0.15, 0.2) is 0 Å². The smallest absolute Gasteiger partial charge is 0.316 e. The molecule has 1 fully saturated rings. The van der Waals surface area contributed by atoms with Crippen molar-refractivity contribution in [1.29, 1.82) is 0 Å². The summed E-state index contributed by atoms with van der Waals surface area (Å²) in [6.07, 6.45) is -1.05. The molecule has 0 N–H and O–H groups in total. The van der Waals surface area contributed by atoms with Gasteiger partial charge in [-0.25, -0.2) is 0 Å². The Kier molecular flexibility index (Phi) is 3.94. The molecule has 7 nitrogen and oxygen atoms in total. The van der Waals surface area contributed by atoms with Crippen LogP contribution in [0, 0.1) is 16.0 Å². The molecule has 0 radical (unpaired) electrons. The first-order valence-corrected chi connectivity index (χ1v) is 4.77. The number of ketones is 1. The third kappa shape index (κ3) is 2.35. The van der Waals surface area contributed by atoms with E-state index in [1.54, 1.807) is 0 Å². The lowest BCUT2D eigenvalue weighted by Crippen LogP contribution is -2.50. The summed E-state index contributed by atoms with van der Waals surface area (Å²) in [7, 11) is 2.42. The van der Waals surface area contributed by atoms with E-state index in [1.165, 1.54) is 7.11 Å². The lowest BCUT2D eigenvalue weighted by atomic mass is 9.82. The van der Waals surface area contributed by atoms with Crippen LogP contribution in [0.1, 0.15) is 12.8 Å². The summed E-state index contributed by atoms with van der Waals surface area (Å²) < 4.78 is 9.35. The zero-order chi connectivity index (χ0) is 12.3. The number of rotatable bonds is 3. The van der Waals surface area contributed by atoms with E-state index in [-0.39, 0.29) is 18.6 Å². The Morgan fingerprint density at radius 2 is 2.06 bits per heavy atom. The molecule has 0 aromatic carbocycles. The van der Waals surface area contributed by atoms with E-state index in [2.05, 4.69) is 4.74 Å². The Morgan fingerprint density at radius 1 is 1.44 bits per heavy atom. The number of hydrogen-bond donors (Lipinski definition) is 0. The molecule has 0 saturated heterocycles. The topological polar surface area (TPSA) is 95.7 Å². The molecule has 3 atom stereocenters. The number of nitrogens with zero attached hydrogens (tertiary/aromatic N) is 1. The highest BCUT2D eigenvalue weighted by molar-refractivity contribution is 5.86. The van der Waals surface area contributed by atoms with Crippen molar-refractivity contribution in [2.24, 2.45) is 5.92 Å². The Bertz CT molecular complexity index is 315. The molecule has 1 rings (SSSR count). The Balaban J connectivity index is 2.96. The lowest BCUT2D eigenvalue weighted by Gasteiger charge is -2.28. The van der Waals surface area contributed by atoms with E-state index in [0.29, 0.717) is 0 Å². The first kappa shape index (κ1) is 12.6. The largest absolute Gasteiger partial charge is 0.469 e. The van der Waals surface area contributed by atoms with E-state index in [0.717, 1.165) is 7.11 Å². The van der Waals surface area contributed by atoms with Gasteiger partial charge < -0.3 is 9.47 Å². The van der Waals surface area contributed by atoms with Gasteiger partial charge in [-0.05, 0) is 0 Å². The first-order valence-electron chi connectivity index (χ1n) is 4.77. The van der Waals surface area contributed by atoms with Crippen molar-refractivity contribution in [1.82, 2.24) is 0 Å². The zero-order valence-electron chi connectivity index (χ0n) is 9.04. The van der Waals surface area contributed by atoms with Crippen molar-refractivity contribution in [2.75, 3.05) is 14.2 Å². The van der Waals surface area contributed by atoms with Crippen LogP contribution in [0.15, 0.2) is 0 Å². The number of hydrogen-bond acceptors (Lipinski definition) is 6. The van der Waals surface area contributed by atoms with E-state index < -0.39 is 29.0 Å². The monoisotopic (exact) mass is 231 g/mol. The molecular weight excluding hydrogens is 218 g/mol. The van der Waals surface area contributed by atoms with Gasteiger partial charge in [-0.15, -0.1) is 0 Å². The molecule has 1 aliphatic carbocycles. The predicted molar refractivity (Wildman–Crippen MR) is 51.3 cm³/mol. The highest BCUT2D eigenvalue weighted by Gasteiger charge is 2.49. The van der Waals surface area contributed by atoms with Crippen LogP contribution in [-0.4, -0.2) is 43.0 Å². The second kappa shape index (κ2) is 5.02. The van der Waals surface area contributed by atoms with Gasteiger partial charge in [-0.3, -0.25) is 19.7 Å². The molecule has 0 amide bonds. The van der Waals surface area contributed by atoms with E-state index in [9.17, 15) is 19.7 Å². The SMILES string of the molecule is COC(=O)[C@H]1CC(=O)C[C@H](OC)[C@@H]1[N+](=O)[O-]. The van der Waals surface area contributed by atoms with E-state index in [1.807, 2.05) is 0 Å². The van der Waals surface area contributed by atoms with Crippen molar-refractivity contribution in [3.63, 3.8) is 0 Å². The fraction of sp³-hybridized carbons (Fsp3) is 0.778. The molecule has 90 valence electrons. The first-order chi connectivity index (χ1) is 7.51. The summed E-state index contributed by atoms with van der Waals surface area (Å²) in [4.78, 5) is 33.0. The number of carbonyl (C=O) groups excluding carboxylic acids is 2. The summed E-state index contributed by atoms with van der Waals surface area (Å²) in [6, 6.07) is -1.21. The summed E-state index contributed by atoms with van der Waals surface area (Å²) in [5.74, 6) is -2.01. The van der Waals surface area contributed by atoms with Crippen LogP contribution in [0.3, 0.4) is 0 Å². The van der Waals surface area contributed by atoms with E-state index in [4.69, 9.17) is 4.74 Å². The normalized spacial score (nSPS) is 29.9. The fourth-order valence-corrected chi connectivity index (χ4v) is 1.93. The third-order valence-corrected chi connectivity index (χ3v) is 2.72. The highest BCUT2D eigenvalue weighted by Crippen LogP contribution is 2.27. The molecule has 0 spiro atoms. The molecule has 0 heterocycles. The molecule has 0 aromatic heterocycles. The standard InChI is InChI=1S/C9H13NO6/c1-15-7-4-5(11)3-6(9(12)16-2)8(7)10(13)14/h6-8H,3-4H2,1-2H3/t6-,7-,8+/m0/s1. The summed E-state index contributed by atoms with van der Waals surface area (Å²) >= 11 is 0. The molecule has 0 aromatic rings. The van der Waals surface area contributed by atoms with Gasteiger partial charge in [0, 0.05) is 24.9 Å². The Labute approximate surface area is 91.9 Å². The van der Waals surface area contributed by atoms with Gasteiger partial charge in [0.2, 0.25) is 0 Å². The van der Waals surface area contributed by atoms with Crippen LogP contribution >= 0.6 is 0 Å². The van der Waals surface area contributed by atoms with Crippen LogP contribution < -0.4 is 0 Å². The van der Waals surface area contributed by atoms with Crippen LogP contribution in [0.5, 0.6) is 0 Å². The average Bonchev–Trinajstić information content (AvgIpc) is 2.26. The van der Waals surface area contributed by atoms with E-state index >= 15 is 0 Å². The zero-order valence-corrected chi connectivity index (χ0v) is 9.04. The van der Waals surface area contributed by atoms with Crippen LogP contribution in [-0.2, 0) is 19.1 Å². The van der Waals surface area contributed by atoms with Gasteiger partial charge in [0.05, 0.1) is 7.11 Å². The molecule has 1 aliphatic rings. The summed E-state index contributed by atoms with van der Waals surface area (Å²) in [5, 5.41) is 10.9. The molecule has 16 heavy (non-hydrogen) atoms. The van der Waals surface area contributed by atoms with Gasteiger partial charge >= 0.3 is 5.97 Å². The van der Waals surface area contributed by atoms with Crippen molar-refractivity contribution in [3.8, 4) is 0 Å². The van der Waals surface area contributed by atoms with Gasteiger partial charge in [0.25, 0.3) is 6.04 Å². The van der Waals surface area contributed by atoms with Crippen LogP contribution in [0.25, 0.3) is 0 Å². The maximum absolute atomic E-state index is 11.4. The van der Waals surface area contributed by atoms with Gasteiger partial charge in [-0.1, -0.05) is 0 Å². The Hall–Kier alpha value is -1.50. The minimum absolute atomic E-state index is 0.0321. The predicted octanol–water partition coefficient (Wildman–Crippen LogP) is -0.201. The molecule has 1 saturated carbocycles. The molecule has 0 unspecified atom stereocenters. The fourth-order valence-electron chi connectivity index (χ4n) is 1.93. The lowest BCUT2D eigenvalue weighted by molar-refractivity contribution is -0.543. The third-order valence-electron chi connectivity index (χ3n) is 2.72. The number of carbonyl (C=O) groups is 2. The second-order valence-corrected chi connectivity index (χ2v) is 3.63. The number of ether oxygens (including phenoxy) is 2. The van der Waals surface area contributed by atoms with Crippen molar-refractivity contribution in [3.05, 3.63) is 10.1 Å². The van der Waals surface area contributed by atoms with Crippen molar-refractivity contribution >= 4 is 11.8 Å². The highest BCUT2D eigenvalue weighted by atomic mass is 16.6. The van der Waals surface area contributed by atoms with Crippen LogP contribution in [0.4, 0.5) is 0 Å². The van der Waals surface area contributed by atoms with Gasteiger partial charge in [-0.2, -0.15) is 0 Å². The number of methoxy groups -OCH3 is 2. The van der Waals surface area contributed by atoms with Gasteiger partial charge in [0.1, 0.15) is 17.8 Å². The molecule has 0 aliphatic heterocycles. The number of nitro groups is 1. The minimum Gasteiger partial charge on any atom is -0.469 e. The Morgan fingerprint density at radius 3 is 2.50 bits per heavy atom. The van der Waals surface area contributed by atoms with Crippen LogP contribution in [0.2, 0.25) is 0 Å². The molecule has 7 heteroatoms. The minimum atomic E-state index is -1.21. The quantitative estimate of drug-likeness (QED) is 0.379. The number of esters is 1. The summed E-state index contributed by atoms with van der Waals surface area (Å²) in [5.41, 5.74) is 0. The van der Waals surface area contributed by atoms with Crippen molar-refractivity contribution in [2.45, 2.75) is 25.0 Å². The number of Topliss-reactive ketones (excluding diaryl/α,β-unsaturated/α-hetero) is 1. The maximum atomic E-state index is 11.4. The molecular formula is C9H13NO6. The van der Waals surface area contributed by atoms with Crippen molar-refractivity contribution < 1.29 is 24.0 Å². The summed E-state index contributed by atoms with van der Waals surface area (Å²) in [6.45, 7) is 0. The average molecular weight is 231 g/mol. The second-order valence-electron chi connectivity index (χ2n) is 3.63. The molecule has 0 bridgehead atoms. The maximum Gasteiger partial charge on any atom is 0.316 e.